The zero-order chi connectivity index (χ0) is 17.1. The number of benzene rings is 1. The van der Waals surface area contributed by atoms with Crippen LogP contribution in [0.5, 0.6) is 11.5 Å². The normalized spacial score (nSPS) is 16.4. The minimum Gasteiger partial charge on any atom is -0.485 e. The Morgan fingerprint density at radius 3 is 2.88 bits per heavy atom. The zero-order valence-electron chi connectivity index (χ0n) is 13.9. The van der Waals surface area contributed by atoms with E-state index in [2.05, 4.69) is 23.5 Å². The van der Waals surface area contributed by atoms with Crippen molar-refractivity contribution in [3.05, 3.63) is 47.1 Å². The van der Waals surface area contributed by atoms with Gasteiger partial charge in [-0.05, 0) is 37.8 Å². The highest BCUT2D eigenvalue weighted by Crippen LogP contribution is 2.35. The van der Waals surface area contributed by atoms with Crippen molar-refractivity contribution in [2.45, 2.75) is 26.6 Å². The molecule has 3 rings (SSSR count). The SMILES string of the molecule is C=C(C)CN(CC)Cn1nc(C2COc3ccccc3O2)oc1=S. The molecule has 1 atom stereocenters. The van der Waals surface area contributed by atoms with Crippen molar-refractivity contribution in [2.75, 3.05) is 19.7 Å². The molecule has 0 amide bonds. The van der Waals surface area contributed by atoms with Gasteiger partial charge < -0.3 is 13.9 Å². The van der Waals surface area contributed by atoms with Gasteiger partial charge in [0, 0.05) is 6.54 Å². The first-order valence-electron chi connectivity index (χ1n) is 7.90. The Morgan fingerprint density at radius 1 is 1.42 bits per heavy atom. The van der Waals surface area contributed by atoms with E-state index in [1.54, 1.807) is 4.68 Å². The second-order valence-electron chi connectivity index (χ2n) is 5.81. The lowest BCUT2D eigenvalue weighted by atomic mass is 10.2. The van der Waals surface area contributed by atoms with Crippen LogP contribution in [0.25, 0.3) is 0 Å². The van der Waals surface area contributed by atoms with Crippen LogP contribution in [0.1, 0.15) is 25.8 Å². The van der Waals surface area contributed by atoms with Crippen LogP contribution in [0.2, 0.25) is 0 Å². The molecule has 0 N–H and O–H groups in total. The van der Waals surface area contributed by atoms with E-state index >= 15 is 0 Å². The van der Waals surface area contributed by atoms with Crippen LogP contribution >= 0.6 is 12.2 Å². The van der Waals surface area contributed by atoms with E-state index < -0.39 is 6.10 Å². The maximum Gasteiger partial charge on any atom is 0.288 e. The Labute approximate surface area is 146 Å². The zero-order valence-corrected chi connectivity index (χ0v) is 14.7. The molecule has 1 aromatic heterocycles. The monoisotopic (exact) mass is 347 g/mol. The van der Waals surface area contributed by atoms with Crippen LogP contribution in [0.4, 0.5) is 0 Å². The van der Waals surface area contributed by atoms with Gasteiger partial charge >= 0.3 is 0 Å². The van der Waals surface area contributed by atoms with Crippen molar-refractivity contribution in [2.24, 2.45) is 0 Å². The fraction of sp³-hybridized carbons (Fsp3) is 0.412. The predicted octanol–water partition coefficient (Wildman–Crippen LogP) is 3.57. The number of rotatable bonds is 6. The first-order valence-corrected chi connectivity index (χ1v) is 8.30. The summed E-state index contributed by atoms with van der Waals surface area (Å²) in [7, 11) is 0. The summed E-state index contributed by atoms with van der Waals surface area (Å²) >= 11 is 5.29. The number of ether oxygens (including phenoxy) is 2. The number of fused-ring (bicyclic) bond motifs is 1. The van der Waals surface area contributed by atoms with Gasteiger partial charge in [0.15, 0.2) is 11.5 Å². The third-order valence-electron chi connectivity index (χ3n) is 3.68. The van der Waals surface area contributed by atoms with Gasteiger partial charge in [-0.2, -0.15) is 0 Å². The highest BCUT2D eigenvalue weighted by molar-refractivity contribution is 7.71. The molecular formula is C17H21N3O3S. The van der Waals surface area contributed by atoms with Crippen LogP contribution in [0, 0.1) is 4.84 Å². The molecule has 7 heteroatoms. The second-order valence-corrected chi connectivity index (χ2v) is 6.16. The Hall–Kier alpha value is -2.12. The van der Waals surface area contributed by atoms with Crippen LogP contribution < -0.4 is 9.47 Å². The minimum atomic E-state index is -0.404. The molecule has 0 radical (unpaired) electrons. The van der Waals surface area contributed by atoms with Gasteiger partial charge in [0.1, 0.15) is 6.61 Å². The number of para-hydroxylation sites is 2. The van der Waals surface area contributed by atoms with E-state index in [0.29, 0.717) is 29.8 Å². The van der Waals surface area contributed by atoms with Crippen molar-refractivity contribution in [3.63, 3.8) is 0 Å². The van der Waals surface area contributed by atoms with Crippen molar-refractivity contribution in [1.82, 2.24) is 14.7 Å². The van der Waals surface area contributed by atoms with E-state index in [0.717, 1.165) is 24.4 Å². The lowest BCUT2D eigenvalue weighted by molar-refractivity contribution is 0.0706. The standard InChI is InChI=1S/C17H21N3O3S/c1-4-19(9-12(2)3)11-20-17(24)23-16(18-20)15-10-21-13-7-5-6-8-14(13)22-15/h5-8,15H,2,4,9-11H2,1,3H3. The van der Waals surface area contributed by atoms with E-state index in [1.165, 1.54) is 0 Å². The quantitative estimate of drug-likeness (QED) is 0.588. The van der Waals surface area contributed by atoms with Gasteiger partial charge in [-0.3, -0.25) is 4.90 Å². The lowest BCUT2D eigenvalue weighted by Gasteiger charge is -2.24. The maximum atomic E-state index is 5.91. The predicted molar refractivity (Wildman–Crippen MR) is 92.7 cm³/mol. The first kappa shape index (κ1) is 16.7. The van der Waals surface area contributed by atoms with Crippen LogP contribution in [-0.2, 0) is 6.67 Å². The number of nitrogens with zero attached hydrogens (tertiary/aromatic N) is 3. The van der Waals surface area contributed by atoms with E-state index in [4.69, 9.17) is 26.1 Å². The molecule has 0 saturated heterocycles. The molecule has 128 valence electrons. The Morgan fingerprint density at radius 2 is 2.17 bits per heavy atom. The molecule has 2 heterocycles. The summed E-state index contributed by atoms with van der Waals surface area (Å²) in [6.45, 7) is 10.6. The average molecular weight is 347 g/mol. The van der Waals surface area contributed by atoms with Crippen LogP contribution in [-0.4, -0.2) is 34.4 Å². The Balaban J connectivity index is 1.75. The number of likely N-dealkylation sites (N-methyl/N-ethyl adjacent to an activating group) is 1. The number of hydrogen-bond acceptors (Lipinski definition) is 6. The van der Waals surface area contributed by atoms with Crippen molar-refractivity contribution >= 4 is 12.2 Å². The van der Waals surface area contributed by atoms with Crippen molar-refractivity contribution in [3.8, 4) is 11.5 Å². The molecule has 1 aliphatic rings. The summed E-state index contributed by atoms with van der Waals surface area (Å²) in [5, 5.41) is 4.47. The lowest BCUT2D eigenvalue weighted by Crippen LogP contribution is -2.28. The molecule has 0 saturated carbocycles. The summed E-state index contributed by atoms with van der Waals surface area (Å²) in [6.07, 6.45) is -0.404. The number of hydrogen-bond donors (Lipinski definition) is 0. The summed E-state index contributed by atoms with van der Waals surface area (Å²) in [5.41, 5.74) is 1.09. The summed E-state index contributed by atoms with van der Waals surface area (Å²) < 4.78 is 18.9. The summed E-state index contributed by atoms with van der Waals surface area (Å²) in [4.78, 5) is 2.51. The summed E-state index contributed by atoms with van der Waals surface area (Å²) in [5.74, 6) is 1.84. The van der Waals surface area contributed by atoms with Gasteiger partial charge in [-0.15, -0.1) is 5.10 Å². The molecule has 6 nitrogen and oxygen atoms in total. The van der Waals surface area contributed by atoms with Crippen molar-refractivity contribution in [1.29, 1.82) is 0 Å². The third kappa shape index (κ3) is 3.68. The largest absolute Gasteiger partial charge is 0.485 e. The van der Waals surface area contributed by atoms with Gasteiger partial charge in [0.25, 0.3) is 10.7 Å². The molecule has 0 bridgehead atoms. The molecule has 1 aliphatic heterocycles. The fourth-order valence-corrected chi connectivity index (χ4v) is 2.70. The topological polar surface area (TPSA) is 52.7 Å². The molecular weight excluding hydrogens is 326 g/mol. The van der Waals surface area contributed by atoms with Crippen LogP contribution in [0.15, 0.2) is 40.8 Å². The highest BCUT2D eigenvalue weighted by Gasteiger charge is 2.27. The highest BCUT2D eigenvalue weighted by atomic mass is 32.1. The van der Waals surface area contributed by atoms with Gasteiger partial charge in [-0.25, -0.2) is 4.68 Å². The second kappa shape index (κ2) is 7.19. The maximum absolute atomic E-state index is 5.91. The molecule has 1 aromatic carbocycles. The van der Waals surface area contributed by atoms with E-state index in [-0.39, 0.29) is 0 Å². The average Bonchev–Trinajstić information content (AvgIpc) is 2.94. The molecule has 24 heavy (non-hydrogen) atoms. The Kier molecular flexibility index (Phi) is 5.01. The van der Waals surface area contributed by atoms with E-state index in [9.17, 15) is 0 Å². The Bertz CT molecular complexity index is 783. The first-order chi connectivity index (χ1) is 11.6. The van der Waals surface area contributed by atoms with Crippen LogP contribution in [0.3, 0.4) is 0 Å². The molecule has 1 unspecified atom stereocenters. The molecule has 2 aromatic rings. The third-order valence-corrected chi connectivity index (χ3v) is 3.97. The van der Waals surface area contributed by atoms with Gasteiger partial charge in [-0.1, -0.05) is 31.2 Å². The van der Waals surface area contributed by atoms with Gasteiger partial charge in [0.05, 0.1) is 6.67 Å². The fourth-order valence-electron chi connectivity index (χ4n) is 2.52. The smallest absolute Gasteiger partial charge is 0.288 e. The summed E-state index contributed by atoms with van der Waals surface area (Å²) in [6, 6.07) is 7.54. The minimum absolute atomic E-state index is 0.327. The van der Waals surface area contributed by atoms with Crippen molar-refractivity contribution < 1.29 is 13.9 Å². The van der Waals surface area contributed by atoms with Gasteiger partial charge in [0.2, 0.25) is 6.10 Å². The molecule has 0 fully saturated rings. The molecule has 0 aliphatic carbocycles. The van der Waals surface area contributed by atoms with E-state index in [1.807, 2.05) is 31.2 Å². The molecule has 0 spiro atoms. The number of aromatic nitrogens is 2.